The van der Waals surface area contributed by atoms with Gasteiger partial charge in [0.2, 0.25) is 0 Å². The Kier molecular flexibility index (Phi) is 4.04. The van der Waals surface area contributed by atoms with E-state index in [0.29, 0.717) is 0 Å². The molecule has 4 N–H and O–H groups in total. The molecule has 0 bridgehead atoms. The lowest BCUT2D eigenvalue weighted by atomic mass is 10.2. The Morgan fingerprint density at radius 1 is 1.06 bits per heavy atom. The summed E-state index contributed by atoms with van der Waals surface area (Å²) in [4.78, 5) is 27.1. The van der Waals surface area contributed by atoms with Crippen molar-refractivity contribution in [3.63, 3.8) is 0 Å². The van der Waals surface area contributed by atoms with E-state index < -0.39 is 20.6 Å². The van der Waals surface area contributed by atoms with Crippen LogP contribution in [-0.2, 0) is 13.8 Å². The van der Waals surface area contributed by atoms with E-state index in [2.05, 4.69) is 4.67 Å². The molecule has 9 heteroatoms. The van der Waals surface area contributed by atoms with Crippen LogP contribution in [0.3, 0.4) is 0 Å². The van der Waals surface area contributed by atoms with Crippen LogP contribution in [0, 0.1) is 0 Å². The molecule has 7 nitrogen and oxygen atoms in total. The molecule has 90 valence electrons. The van der Waals surface area contributed by atoms with Crippen LogP contribution >= 0.6 is 15.2 Å². The van der Waals surface area contributed by atoms with Crippen molar-refractivity contribution in [2.75, 3.05) is 0 Å². The maximum Gasteiger partial charge on any atom is 0.374 e. The summed E-state index contributed by atoms with van der Waals surface area (Å²) in [5.74, 6) is 0. The van der Waals surface area contributed by atoms with Gasteiger partial charge in [-0.25, -0.2) is 5.26 Å². The first-order valence-corrected chi connectivity index (χ1v) is 7.37. The molecule has 2 atom stereocenters. The summed E-state index contributed by atoms with van der Waals surface area (Å²) in [6.07, 6.45) is 0. The molecule has 0 aliphatic rings. The second-order valence-electron chi connectivity index (χ2n) is 3.02. The molecule has 1 aromatic carbocycles. The highest BCUT2D eigenvalue weighted by Crippen LogP contribution is 2.71. The molecule has 0 saturated heterocycles. The van der Waals surface area contributed by atoms with E-state index in [9.17, 15) is 9.13 Å². The Morgan fingerprint density at radius 2 is 1.56 bits per heavy atom. The highest BCUT2D eigenvalue weighted by atomic mass is 31.2. The zero-order chi connectivity index (χ0) is 12.4. The van der Waals surface area contributed by atoms with Crippen molar-refractivity contribution >= 4 is 15.2 Å². The maximum atomic E-state index is 11.3. The lowest BCUT2D eigenvalue weighted by Crippen LogP contribution is -2.02. The van der Waals surface area contributed by atoms with Crippen LogP contribution in [0.2, 0.25) is 0 Å². The summed E-state index contributed by atoms with van der Waals surface area (Å²) in [5.41, 5.74) is -0.0873. The minimum absolute atomic E-state index is 0.0873. The molecule has 0 radical (unpaired) electrons. The van der Waals surface area contributed by atoms with Crippen molar-refractivity contribution in [1.82, 2.24) is 0 Å². The molecule has 0 saturated carbocycles. The van der Waals surface area contributed by atoms with Gasteiger partial charge in [0.25, 0.3) is 0 Å². The van der Waals surface area contributed by atoms with Gasteiger partial charge in [-0.3, -0.25) is 9.13 Å². The van der Waals surface area contributed by atoms with Crippen molar-refractivity contribution in [3.05, 3.63) is 35.9 Å². The first-order chi connectivity index (χ1) is 7.29. The Labute approximate surface area is 90.9 Å². The Morgan fingerprint density at radius 3 is 1.94 bits per heavy atom. The van der Waals surface area contributed by atoms with E-state index in [1.807, 2.05) is 0 Å². The fourth-order valence-corrected chi connectivity index (χ4v) is 4.09. The van der Waals surface area contributed by atoms with Gasteiger partial charge in [0, 0.05) is 0 Å². The maximum absolute atomic E-state index is 11.3. The number of hydrogen-bond acceptors (Lipinski definition) is 4. The second kappa shape index (κ2) is 4.77. The average molecular weight is 268 g/mol. The zero-order valence-corrected chi connectivity index (χ0v) is 9.66. The fraction of sp³-hybridized carbons (Fsp3) is 0.143. The minimum Gasteiger partial charge on any atom is -0.324 e. The van der Waals surface area contributed by atoms with Crippen LogP contribution in [0.25, 0.3) is 0 Å². The largest absolute Gasteiger partial charge is 0.374 e. The van der Waals surface area contributed by atoms with Gasteiger partial charge >= 0.3 is 15.2 Å². The predicted octanol–water partition coefficient (Wildman–Crippen LogP) is 1.54. The summed E-state index contributed by atoms with van der Waals surface area (Å²) in [7, 11) is -9.77. The van der Waals surface area contributed by atoms with Crippen LogP contribution in [0.4, 0.5) is 0 Å². The summed E-state index contributed by atoms with van der Waals surface area (Å²) in [6, 6.07) is 6.96. The van der Waals surface area contributed by atoms with Gasteiger partial charge in [-0.2, -0.15) is 4.67 Å². The predicted molar refractivity (Wildman–Crippen MR) is 54.8 cm³/mol. The van der Waals surface area contributed by atoms with Crippen molar-refractivity contribution < 1.29 is 33.7 Å². The van der Waals surface area contributed by atoms with Crippen LogP contribution in [-0.4, -0.2) is 19.9 Å². The molecule has 0 aromatic heterocycles. The summed E-state index contributed by atoms with van der Waals surface area (Å²) in [5, 5.41) is 6.14. The second-order valence-corrected chi connectivity index (χ2v) is 6.93. The molecule has 0 fully saturated rings. The zero-order valence-electron chi connectivity index (χ0n) is 7.87. The van der Waals surface area contributed by atoms with Crippen LogP contribution in [0.15, 0.2) is 30.3 Å². The normalized spacial score (nSPS) is 17.8. The summed E-state index contributed by atoms with van der Waals surface area (Å²) >= 11 is 0. The highest BCUT2D eigenvalue weighted by molar-refractivity contribution is 7.70. The molecule has 2 unspecified atom stereocenters. The third kappa shape index (κ3) is 2.99. The van der Waals surface area contributed by atoms with Gasteiger partial charge in [-0.15, -0.1) is 0 Å². The van der Waals surface area contributed by atoms with E-state index >= 15 is 0 Å². The van der Waals surface area contributed by atoms with Crippen molar-refractivity contribution in [2.45, 2.75) is 5.40 Å². The van der Waals surface area contributed by atoms with Gasteiger partial charge in [0.1, 0.15) is 0 Å². The molecule has 0 spiro atoms. The first-order valence-electron chi connectivity index (χ1n) is 4.05. The average Bonchev–Trinajstić information content (AvgIpc) is 2.17. The van der Waals surface area contributed by atoms with E-state index in [4.69, 9.17) is 19.9 Å². The highest BCUT2D eigenvalue weighted by Gasteiger charge is 2.47. The molecule has 16 heavy (non-hydrogen) atoms. The van der Waals surface area contributed by atoms with E-state index in [1.165, 1.54) is 24.3 Å². The smallest absolute Gasteiger partial charge is 0.324 e. The first kappa shape index (κ1) is 13.5. The van der Waals surface area contributed by atoms with Crippen molar-refractivity contribution in [2.24, 2.45) is 0 Å². The van der Waals surface area contributed by atoms with Gasteiger partial charge in [-0.1, -0.05) is 30.3 Å². The van der Waals surface area contributed by atoms with Crippen LogP contribution in [0.5, 0.6) is 0 Å². The van der Waals surface area contributed by atoms with Crippen LogP contribution in [0.1, 0.15) is 11.0 Å². The van der Waals surface area contributed by atoms with Gasteiger partial charge in [-0.05, 0) is 5.56 Å². The minimum atomic E-state index is -4.93. The number of benzene rings is 1. The monoisotopic (exact) mass is 268 g/mol. The number of hydrogen-bond donors (Lipinski definition) is 4. The standard InChI is InChI=1S/C7H10O7P2/c8-14-16(12,13)7(15(9,10)11)6-4-2-1-3-5-6/h1-5,7-8H,(H,12,13)(H2,9,10,11). The lowest BCUT2D eigenvalue weighted by molar-refractivity contribution is -0.146. The third-order valence-corrected chi connectivity index (χ3v) is 5.71. The van der Waals surface area contributed by atoms with E-state index in [1.54, 1.807) is 6.07 Å². The van der Waals surface area contributed by atoms with E-state index in [0.717, 1.165) is 0 Å². The van der Waals surface area contributed by atoms with Crippen molar-refractivity contribution in [3.8, 4) is 0 Å². The fourth-order valence-electron chi connectivity index (χ4n) is 1.24. The Balaban J connectivity index is 3.29. The van der Waals surface area contributed by atoms with Gasteiger partial charge in [0.15, 0.2) is 5.40 Å². The summed E-state index contributed by atoms with van der Waals surface area (Å²) < 4.78 is 25.7. The molecule has 0 aliphatic heterocycles. The Bertz CT molecular complexity index is 439. The molecule has 0 heterocycles. The molecular formula is C7H10O7P2. The van der Waals surface area contributed by atoms with Gasteiger partial charge in [0.05, 0.1) is 0 Å². The van der Waals surface area contributed by atoms with Crippen LogP contribution < -0.4 is 0 Å². The topological polar surface area (TPSA) is 124 Å². The number of rotatable bonds is 4. The van der Waals surface area contributed by atoms with Gasteiger partial charge < -0.3 is 14.7 Å². The summed E-state index contributed by atoms with van der Waals surface area (Å²) in [6.45, 7) is 0. The Hall–Kier alpha value is -0.520. The lowest BCUT2D eigenvalue weighted by Gasteiger charge is -2.20. The molecule has 1 aromatic rings. The van der Waals surface area contributed by atoms with Crippen molar-refractivity contribution in [1.29, 1.82) is 0 Å². The molecule has 0 aliphatic carbocycles. The quantitative estimate of drug-likeness (QED) is 0.371. The molecular weight excluding hydrogens is 258 g/mol. The van der Waals surface area contributed by atoms with E-state index in [-0.39, 0.29) is 5.56 Å². The molecule has 0 amide bonds. The molecule has 1 rings (SSSR count). The SMILES string of the molecule is O=P(O)(O)C(c1ccccc1)P(=O)(O)OO. The third-order valence-electron chi connectivity index (χ3n) is 1.84.